The molecule has 0 spiro atoms. The normalized spacial score (nSPS) is 30.4. The number of rotatable bonds is 0. The molecule has 7 heavy (non-hydrogen) atoms. The Balaban J connectivity index is 2.40. The summed E-state index contributed by atoms with van der Waals surface area (Å²) >= 11 is 0. The van der Waals surface area contributed by atoms with Gasteiger partial charge in [-0.05, 0) is 13.3 Å². The summed E-state index contributed by atoms with van der Waals surface area (Å²) in [6, 6.07) is 0. The lowest BCUT2D eigenvalue weighted by molar-refractivity contribution is 0.179. The van der Waals surface area contributed by atoms with Gasteiger partial charge in [0.25, 0.3) is 0 Å². The Morgan fingerprint density at radius 1 is 1.86 bits per heavy atom. The van der Waals surface area contributed by atoms with Gasteiger partial charge >= 0.3 is 0 Å². The number of allylic oxidation sites excluding steroid dienone is 1. The van der Waals surface area contributed by atoms with Gasteiger partial charge in [-0.1, -0.05) is 6.58 Å². The van der Waals surface area contributed by atoms with E-state index in [1.165, 1.54) is 0 Å². The van der Waals surface area contributed by atoms with E-state index in [4.69, 9.17) is 4.74 Å². The zero-order chi connectivity index (χ0) is 5.28. The average Bonchev–Trinajstić information content (AvgIpc) is 1.87. The Kier molecular flexibility index (Phi) is 1.05. The lowest BCUT2D eigenvalue weighted by Crippen LogP contribution is -1.93. The molecule has 40 valence electrons. The van der Waals surface area contributed by atoms with E-state index in [-0.39, 0.29) is 0 Å². The van der Waals surface area contributed by atoms with Gasteiger partial charge in [-0.3, -0.25) is 0 Å². The van der Waals surface area contributed by atoms with Crippen molar-refractivity contribution in [3.8, 4) is 0 Å². The highest BCUT2D eigenvalue weighted by atomic mass is 16.5. The third-order valence-electron chi connectivity index (χ3n) is 1.20. The SMILES string of the molecule is C=C1CC[C@H](C)O1. The van der Waals surface area contributed by atoms with E-state index >= 15 is 0 Å². The van der Waals surface area contributed by atoms with Crippen LogP contribution >= 0.6 is 0 Å². The molecule has 0 bridgehead atoms. The Bertz CT molecular complexity index is 86.2. The summed E-state index contributed by atoms with van der Waals surface area (Å²) in [5.41, 5.74) is 0. The topological polar surface area (TPSA) is 9.23 Å². The van der Waals surface area contributed by atoms with Gasteiger partial charge in [0.1, 0.15) is 0 Å². The minimum Gasteiger partial charge on any atom is -0.496 e. The van der Waals surface area contributed by atoms with E-state index < -0.39 is 0 Å². The van der Waals surface area contributed by atoms with Crippen LogP contribution in [0.1, 0.15) is 19.8 Å². The van der Waals surface area contributed by atoms with Crippen molar-refractivity contribution in [1.82, 2.24) is 0 Å². The predicted octanol–water partition coefficient (Wildman–Crippen LogP) is 1.70. The van der Waals surface area contributed by atoms with Crippen molar-refractivity contribution < 1.29 is 4.74 Å². The highest BCUT2D eigenvalue weighted by molar-refractivity contribution is 4.89. The first kappa shape index (κ1) is 4.69. The van der Waals surface area contributed by atoms with Crippen LogP contribution in [0, 0.1) is 0 Å². The van der Waals surface area contributed by atoms with Crippen LogP contribution in [-0.4, -0.2) is 6.10 Å². The molecule has 0 N–H and O–H groups in total. The molecule has 0 aromatic carbocycles. The first-order chi connectivity index (χ1) is 3.29. The molecule has 0 aliphatic carbocycles. The maximum absolute atomic E-state index is 5.17. The zero-order valence-electron chi connectivity index (χ0n) is 4.61. The maximum atomic E-state index is 5.17. The van der Waals surface area contributed by atoms with Gasteiger partial charge in [0.15, 0.2) is 0 Å². The molecule has 1 fully saturated rings. The molecule has 0 aromatic rings. The highest BCUT2D eigenvalue weighted by Crippen LogP contribution is 2.19. The first-order valence-electron chi connectivity index (χ1n) is 2.63. The van der Waals surface area contributed by atoms with Crippen molar-refractivity contribution in [2.45, 2.75) is 25.9 Å². The second-order valence-electron chi connectivity index (χ2n) is 2.01. The van der Waals surface area contributed by atoms with Gasteiger partial charge in [-0.25, -0.2) is 0 Å². The van der Waals surface area contributed by atoms with Crippen molar-refractivity contribution in [3.63, 3.8) is 0 Å². The molecule has 1 heteroatoms. The Morgan fingerprint density at radius 3 is 2.71 bits per heavy atom. The number of hydrogen-bond acceptors (Lipinski definition) is 1. The molecule has 0 unspecified atom stereocenters. The smallest absolute Gasteiger partial charge is 0.0958 e. The summed E-state index contributed by atoms with van der Waals surface area (Å²) in [6.45, 7) is 5.75. The van der Waals surface area contributed by atoms with Gasteiger partial charge in [0, 0.05) is 6.42 Å². The molecule has 1 atom stereocenters. The maximum Gasteiger partial charge on any atom is 0.0958 e. The highest BCUT2D eigenvalue weighted by Gasteiger charge is 2.12. The molecule has 0 radical (unpaired) electrons. The van der Waals surface area contributed by atoms with Crippen molar-refractivity contribution in [3.05, 3.63) is 12.3 Å². The predicted molar refractivity (Wildman–Crippen MR) is 28.9 cm³/mol. The summed E-state index contributed by atoms with van der Waals surface area (Å²) in [7, 11) is 0. The molecule has 1 aliphatic rings. The summed E-state index contributed by atoms with van der Waals surface area (Å²) in [5, 5.41) is 0. The van der Waals surface area contributed by atoms with Crippen LogP contribution in [0.5, 0.6) is 0 Å². The minimum atomic E-state index is 0.424. The van der Waals surface area contributed by atoms with Crippen LogP contribution in [0.2, 0.25) is 0 Å². The van der Waals surface area contributed by atoms with E-state index in [9.17, 15) is 0 Å². The minimum absolute atomic E-state index is 0.424. The molecule has 1 heterocycles. The summed E-state index contributed by atoms with van der Waals surface area (Å²) in [6.07, 6.45) is 2.63. The van der Waals surface area contributed by atoms with E-state index in [1.54, 1.807) is 0 Å². The summed E-state index contributed by atoms with van der Waals surface area (Å²) in [4.78, 5) is 0. The molecular weight excluding hydrogens is 88.1 g/mol. The van der Waals surface area contributed by atoms with Gasteiger partial charge < -0.3 is 4.74 Å². The van der Waals surface area contributed by atoms with Crippen LogP contribution in [-0.2, 0) is 4.74 Å². The van der Waals surface area contributed by atoms with Crippen molar-refractivity contribution in [2.75, 3.05) is 0 Å². The zero-order valence-corrected chi connectivity index (χ0v) is 4.61. The van der Waals surface area contributed by atoms with Crippen LogP contribution < -0.4 is 0 Å². The third-order valence-corrected chi connectivity index (χ3v) is 1.20. The third kappa shape index (κ3) is 0.952. The summed E-state index contributed by atoms with van der Waals surface area (Å²) in [5.74, 6) is 0.951. The number of ether oxygens (including phenoxy) is 1. The van der Waals surface area contributed by atoms with Crippen LogP contribution in [0.15, 0.2) is 12.3 Å². The molecule has 0 saturated carbocycles. The molecule has 0 aromatic heterocycles. The second-order valence-corrected chi connectivity index (χ2v) is 2.01. The van der Waals surface area contributed by atoms with Gasteiger partial charge in [-0.15, -0.1) is 0 Å². The lowest BCUT2D eigenvalue weighted by Gasteiger charge is -1.99. The largest absolute Gasteiger partial charge is 0.496 e. The van der Waals surface area contributed by atoms with Crippen molar-refractivity contribution in [1.29, 1.82) is 0 Å². The fourth-order valence-electron chi connectivity index (χ4n) is 0.767. The summed E-state index contributed by atoms with van der Waals surface area (Å²) < 4.78 is 5.17. The monoisotopic (exact) mass is 98.1 g/mol. The standard InChI is InChI=1S/C6H10O/c1-5-3-4-6(2)7-5/h6H,1,3-4H2,2H3/t6-/m0/s1. The molecule has 1 rings (SSSR count). The second kappa shape index (κ2) is 1.57. The lowest BCUT2D eigenvalue weighted by atomic mass is 10.2. The Labute approximate surface area is 44.0 Å². The van der Waals surface area contributed by atoms with E-state index in [0.29, 0.717) is 6.10 Å². The van der Waals surface area contributed by atoms with Gasteiger partial charge in [-0.2, -0.15) is 0 Å². The quantitative estimate of drug-likeness (QED) is 0.448. The van der Waals surface area contributed by atoms with E-state index in [1.807, 2.05) is 0 Å². The van der Waals surface area contributed by atoms with Crippen LogP contribution in [0.4, 0.5) is 0 Å². The fraction of sp³-hybridized carbons (Fsp3) is 0.667. The van der Waals surface area contributed by atoms with E-state index in [0.717, 1.165) is 18.6 Å². The van der Waals surface area contributed by atoms with Gasteiger partial charge in [0.05, 0.1) is 11.9 Å². The molecule has 1 saturated heterocycles. The Hall–Kier alpha value is -0.460. The van der Waals surface area contributed by atoms with Crippen molar-refractivity contribution in [2.24, 2.45) is 0 Å². The first-order valence-corrected chi connectivity index (χ1v) is 2.63. The van der Waals surface area contributed by atoms with Crippen LogP contribution in [0.3, 0.4) is 0 Å². The molecule has 1 nitrogen and oxygen atoms in total. The molecular formula is C6H10O. The van der Waals surface area contributed by atoms with Crippen LogP contribution in [0.25, 0.3) is 0 Å². The Morgan fingerprint density at radius 2 is 2.57 bits per heavy atom. The fourth-order valence-corrected chi connectivity index (χ4v) is 0.767. The van der Waals surface area contributed by atoms with Gasteiger partial charge in [0.2, 0.25) is 0 Å². The number of hydrogen-bond donors (Lipinski definition) is 0. The average molecular weight is 98.1 g/mol. The molecule has 1 aliphatic heterocycles. The van der Waals surface area contributed by atoms with Crippen molar-refractivity contribution >= 4 is 0 Å². The molecule has 0 amide bonds. The van der Waals surface area contributed by atoms with E-state index in [2.05, 4.69) is 13.5 Å².